The second-order valence-electron chi connectivity index (χ2n) is 8.22. The van der Waals surface area contributed by atoms with Gasteiger partial charge in [-0.2, -0.15) is 5.26 Å². The van der Waals surface area contributed by atoms with E-state index in [1.54, 1.807) is 0 Å². The van der Waals surface area contributed by atoms with Crippen LogP contribution in [-0.2, 0) is 13.5 Å². The molecule has 1 aliphatic rings. The Morgan fingerprint density at radius 1 is 1.23 bits per heavy atom. The summed E-state index contributed by atoms with van der Waals surface area (Å²) in [6.45, 7) is 0. The summed E-state index contributed by atoms with van der Waals surface area (Å²) in [6.07, 6.45) is 11.6. The fraction of sp³-hybridized carbons (Fsp3) is 0.308. The second-order valence-corrected chi connectivity index (χ2v) is 8.65. The fourth-order valence-electron chi connectivity index (χ4n) is 4.31. The Bertz CT molecular complexity index is 1090. The minimum Gasteiger partial charge on any atom is -0.336 e. The highest BCUT2D eigenvalue weighted by Gasteiger charge is 2.21. The predicted octanol–water partition coefficient (Wildman–Crippen LogP) is 5.84. The van der Waals surface area contributed by atoms with E-state index in [0.717, 1.165) is 30.0 Å². The molecule has 2 unspecified atom stereocenters. The molecule has 31 heavy (non-hydrogen) atoms. The number of hydrogen-bond acceptors (Lipinski definition) is 3. The van der Waals surface area contributed by atoms with Crippen molar-refractivity contribution in [3.63, 3.8) is 0 Å². The molecule has 0 bridgehead atoms. The van der Waals surface area contributed by atoms with Gasteiger partial charge in [0.05, 0.1) is 29.7 Å². The first-order valence-corrected chi connectivity index (χ1v) is 11.2. The molecular formula is C26H27ClN4. The number of benzene rings is 2. The van der Waals surface area contributed by atoms with E-state index in [2.05, 4.69) is 39.1 Å². The summed E-state index contributed by atoms with van der Waals surface area (Å²) in [7, 11) is 2.04. The number of rotatable bonds is 6. The Balaban J connectivity index is 1.59. The van der Waals surface area contributed by atoms with Gasteiger partial charge < -0.3 is 9.88 Å². The van der Waals surface area contributed by atoms with Gasteiger partial charge in [-0.25, -0.2) is 4.98 Å². The van der Waals surface area contributed by atoms with Crippen LogP contribution >= 0.6 is 11.6 Å². The predicted molar refractivity (Wildman–Crippen MR) is 126 cm³/mol. The number of allylic oxidation sites excluding steroid dienone is 1. The van der Waals surface area contributed by atoms with Gasteiger partial charge in [-0.1, -0.05) is 48.4 Å². The zero-order chi connectivity index (χ0) is 21.6. The lowest BCUT2D eigenvalue weighted by atomic mass is 9.99. The molecule has 1 N–H and O–H groups in total. The molecule has 158 valence electrons. The summed E-state index contributed by atoms with van der Waals surface area (Å²) in [6, 6.07) is 18.6. The van der Waals surface area contributed by atoms with Crippen molar-refractivity contribution in [1.82, 2.24) is 14.9 Å². The Morgan fingerprint density at radius 3 is 2.77 bits per heavy atom. The number of aryl methyl sites for hydroxylation is 1. The molecule has 1 aliphatic carbocycles. The van der Waals surface area contributed by atoms with Gasteiger partial charge >= 0.3 is 0 Å². The van der Waals surface area contributed by atoms with Crippen LogP contribution in [0.3, 0.4) is 0 Å². The van der Waals surface area contributed by atoms with Crippen LogP contribution in [0.15, 0.2) is 67.1 Å². The number of imidazole rings is 1. The quantitative estimate of drug-likeness (QED) is 0.534. The van der Waals surface area contributed by atoms with Crippen LogP contribution in [0, 0.1) is 11.3 Å². The molecule has 0 spiro atoms. The van der Waals surface area contributed by atoms with E-state index in [1.165, 1.54) is 29.5 Å². The standard InChI is InChI=1S/C26H27ClN4/c1-31-18-29-17-26(31)25(13-19-9-11-20(16-28)12-10-19)30-24-8-3-2-5-22(15-24)21-6-4-7-23(27)14-21/h4,6-7,9-12,14-15,17-18,24-25,30H,2-3,5,8,13H2,1H3. The molecule has 2 aromatic carbocycles. The van der Waals surface area contributed by atoms with Crippen LogP contribution in [0.4, 0.5) is 0 Å². The van der Waals surface area contributed by atoms with Crippen molar-refractivity contribution in [3.8, 4) is 6.07 Å². The largest absolute Gasteiger partial charge is 0.336 e. The Kier molecular flexibility index (Phi) is 6.86. The van der Waals surface area contributed by atoms with E-state index in [4.69, 9.17) is 16.9 Å². The maximum atomic E-state index is 9.09. The third-order valence-electron chi connectivity index (χ3n) is 5.96. The lowest BCUT2D eigenvalue weighted by molar-refractivity contribution is 0.440. The lowest BCUT2D eigenvalue weighted by Gasteiger charge is -2.25. The molecule has 0 amide bonds. The third-order valence-corrected chi connectivity index (χ3v) is 6.19. The summed E-state index contributed by atoms with van der Waals surface area (Å²) >= 11 is 6.25. The van der Waals surface area contributed by atoms with Gasteiger partial charge in [-0.05, 0) is 66.6 Å². The molecular weight excluding hydrogens is 404 g/mol. The van der Waals surface area contributed by atoms with E-state index >= 15 is 0 Å². The first-order chi connectivity index (χ1) is 15.1. The normalized spacial score (nSPS) is 17.5. The molecule has 0 saturated carbocycles. The van der Waals surface area contributed by atoms with Gasteiger partial charge in [0.15, 0.2) is 0 Å². The van der Waals surface area contributed by atoms with E-state index in [-0.39, 0.29) is 12.1 Å². The molecule has 5 heteroatoms. The zero-order valence-electron chi connectivity index (χ0n) is 17.8. The Morgan fingerprint density at radius 2 is 2.06 bits per heavy atom. The number of hydrogen-bond donors (Lipinski definition) is 1. The van der Waals surface area contributed by atoms with Crippen molar-refractivity contribution < 1.29 is 0 Å². The maximum Gasteiger partial charge on any atom is 0.0991 e. The summed E-state index contributed by atoms with van der Waals surface area (Å²) in [4.78, 5) is 4.35. The van der Waals surface area contributed by atoms with E-state index in [0.29, 0.717) is 5.56 Å². The van der Waals surface area contributed by atoms with Crippen LogP contribution < -0.4 is 5.32 Å². The maximum absolute atomic E-state index is 9.09. The summed E-state index contributed by atoms with van der Waals surface area (Å²) in [5.41, 5.74) is 5.62. The second kappa shape index (κ2) is 9.96. The van der Waals surface area contributed by atoms with Crippen LogP contribution in [0.1, 0.15) is 54.1 Å². The summed E-state index contributed by atoms with van der Waals surface area (Å²) < 4.78 is 2.08. The molecule has 0 saturated heterocycles. The smallest absolute Gasteiger partial charge is 0.0991 e. The molecule has 0 fully saturated rings. The van der Waals surface area contributed by atoms with Crippen molar-refractivity contribution in [2.45, 2.75) is 44.2 Å². The van der Waals surface area contributed by atoms with Gasteiger partial charge in [0.25, 0.3) is 0 Å². The average Bonchev–Trinajstić information content (AvgIpc) is 3.07. The van der Waals surface area contributed by atoms with Crippen molar-refractivity contribution in [2.75, 3.05) is 0 Å². The van der Waals surface area contributed by atoms with Gasteiger partial charge in [0, 0.05) is 24.3 Å². The van der Waals surface area contributed by atoms with Gasteiger partial charge in [0.2, 0.25) is 0 Å². The minimum absolute atomic E-state index is 0.125. The van der Waals surface area contributed by atoms with Crippen LogP contribution in [-0.4, -0.2) is 15.6 Å². The molecule has 1 aromatic heterocycles. The number of nitrogens with one attached hydrogen (secondary N) is 1. The summed E-state index contributed by atoms with van der Waals surface area (Å²) in [5.74, 6) is 0. The summed E-state index contributed by atoms with van der Waals surface area (Å²) in [5, 5.41) is 13.8. The number of nitriles is 1. The number of nitrogens with zero attached hydrogens (tertiary/aromatic N) is 3. The van der Waals surface area contributed by atoms with E-state index < -0.39 is 0 Å². The molecule has 4 rings (SSSR count). The van der Waals surface area contributed by atoms with Crippen molar-refractivity contribution >= 4 is 17.2 Å². The molecule has 0 aliphatic heterocycles. The molecule has 1 heterocycles. The van der Waals surface area contributed by atoms with Crippen LogP contribution in [0.2, 0.25) is 5.02 Å². The Labute approximate surface area is 189 Å². The van der Waals surface area contributed by atoms with Gasteiger partial charge in [-0.3, -0.25) is 0 Å². The van der Waals surface area contributed by atoms with Crippen LogP contribution in [0.25, 0.3) is 5.57 Å². The highest BCUT2D eigenvalue weighted by atomic mass is 35.5. The first-order valence-electron chi connectivity index (χ1n) is 10.8. The highest BCUT2D eigenvalue weighted by molar-refractivity contribution is 6.30. The lowest BCUT2D eigenvalue weighted by Crippen LogP contribution is -2.33. The van der Waals surface area contributed by atoms with Gasteiger partial charge in [0.1, 0.15) is 0 Å². The number of halogens is 1. The third kappa shape index (κ3) is 5.44. The van der Waals surface area contributed by atoms with Crippen LogP contribution in [0.5, 0.6) is 0 Å². The van der Waals surface area contributed by atoms with Crippen molar-refractivity contribution in [2.24, 2.45) is 7.05 Å². The van der Waals surface area contributed by atoms with Crippen molar-refractivity contribution in [1.29, 1.82) is 5.26 Å². The highest BCUT2D eigenvalue weighted by Crippen LogP contribution is 2.29. The topological polar surface area (TPSA) is 53.6 Å². The SMILES string of the molecule is Cn1cncc1C(Cc1ccc(C#N)cc1)NC1C=C(c2cccc(Cl)c2)CCCC1. The van der Waals surface area contributed by atoms with E-state index in [9.17, 15) is 0 Å². The molecule has 4 nitrogen and oxygen atoms in total. The molecule has 3 aromatic rings. The van der Waals surface area contributed by atoms with Crippen molar-refractivity contribution in [3.05, 3.63) is 94.5 Å². The fourth-order valence-corrected chi connectivity index (χ4v) is 4.50. The Hall–Kier alpha value is -2.87. The average molecular weight is 431 g/mol. The first kappa shape index (κ1) is 21.4. The monoisotopic (exact) mass is 430 g/mol. The van der Waals surface area contributed by atoms with Gasteiger partial charge in [-0.15, -0.1) is 0 Å². The molecule has 2 atom stereocenters. The zero-order valence-corrected chi connectivity index (χ0v) is 18.5. The van der Waals surface area contributed by atoms with E-state index in [1.807, 2.05) is 56.0 Å². The molecule has 0 radical (unpaired) electrons. The number of aromatic nitrogens is 2. The minimum atomic E-state index is 0.125.